The van der Waals surface area contributed by atoms with Crippen LogP contribution in [-0.2, 0) is 4.79 Å². The largest absolute Gasteiger partial charge is 0.347 e. The zero-order valence-corrected chi connectivity index (χ0v) is 7.42. The number of hydrogen-bond acceptors (Lipinski definition) is 3. The van der Waals surface area contributed by atoms with E-state index in [0.29, 0.717) is 0 Å². The van der Waals surface area contributed by atoms with E-state index < -0.39 is 12.1 Å². The lowest BCUT2D eigenvalue weighted by molar-refractivity contribution is -0.130. The second-order valence-corrected chi connectivity index (χ2v) is 2.57. The van der Waals surface area contributed by atoms with Gasteiger partial charge in [-0.1, -0.05) is 0 Å². The van der Waals surface area contributed by atoms with Gasteiger partial charge in [0.2, 0.25) is 5.91 Å². The van der Waals surface area contributed by atoms with Crippen molar-refractivity contribution in [3.05, 3.63) is 0 Å². The van der Waals surface area contributed by atoms with Crippen LogP contribution in [0.15, 0.2) is 0 Å². The van der Waals surface area contributed by atoms with E-state index in [9.17, 15) is 9.59 Å². The monoisotopic (exact) mass is 174 g/mol. The molecule has 0 rings (SSSR count). The zero-order chi connectivity index (χ0) is 9.72. The summed E-state index contributed by atoms with van der Waals surface area (Å²) in [7, 11) is 3.22. The molecule has 12 heavy (non-hydrogen) atoms. The van der Waals surface area contributed by atoms with Crippen molar-refractivity contribution in [2.75, 3.05) is 14.1 Å². The molecule has 0 aliphatic rings. The van der Waals surface area contributed by atoms with E-state index in [1.807, 2.05) is 5.43 Å². The maximum Gasteiger partial charge on any atom is 0.329 e. The van der Waals surface area contributed by atoms with Crippen molar-refractivity contribution >= 4 is 11.9 Å². The fourth-order valence-electron chi connectivity index (χ4n) is 0.687. The van der Waals surface area contributed by atoms with Crippen LogP contribution in [-0.4, -0.2) is 37.0 Å². The summed E-state index contributed by atoms with van der Waals surface area (Å²) in [6.45, 7) is 1.58. The Hall–Kier alpha value is -1.30. The van der Waals surface area contributed by atoms with Crippen molar-refractivity contribution < 1.29 is 9.59 Å². The lowest BCUT2D eigenvalue weighted by Gasteiger charge is -2.17. The average molecular weight is 174 g/mol. The van der Waals surface area contributed by atoms with Gasteiger partial charge in [-0.15, -0.1) is 0 Å². The van der Waals surface area contributed by atoms with Gasteiger partial charge >= 0.3 is 6.03 Å². The summed E-state index contributed by atoms with van der Waals surface area (Å²) in [4.78, 5) is 23.2. The number of nitrogens with two attached hydrogens (primary N) is 1. The second-order valence-electron chi connectivity index (χ2n) is 2.57. The highest BCUT2D eigenvalue weighted by Crippen LogP contribution is 1.87. The Morgan fingerprint density at radius 2 is 1.92 bits per heavy atom. The Morgan fingerprint density at radius 1 is 1.42 bits per heavy atom. The number of nitrogens with one attached hydrogen (secondary N) is 2. The van der Waals surface area contributed by atoms with Crippen LogP contribution in [0.2, 0.25) is 0 Å². The highest BCUT2D eigenvalue weighted by molar-refractivity contribution is 5.86. The van der Waals surface area contributed by atoms with E-state index in [0.717, 1.165) is 0 Å². The number of likely N-dealkylation sites (N-methyl/N-ethyl adjacent to an activating group) is 1. The predicted molar refractivity (Wildman–Crippen MR) is 44.0 cm³/mol. The quantitative estimate of drug-likeness (QED) is 0.274. The number of urea groups is 1. The molecule has 70 valence electrons. The molecule has 0 fully saturated rings. The summed E-state index contributed by atoms with van der Waals surface area (Å²) >= 11 is 0. The smallest absolute Gasteiger partial charge is 0.329 e. The first-order valence-electron chi connectivity index (χ1n) is 3.47. The van der Waals surface area contributed by atoms with E-state index in [4.69, 9.17) is 5.84 Å². The zero-order valence-electron chi connectivity index (χ0n) is 7.42. The molecule has 1 atom stereocenters. The molecule has 6 nitrogen and oxygen atoms in total. The highest BCUT2D eigenvalue weighted by atomic mass is 16.2. The molecule has 0 bridgehead atoms. The molecular weight excluding hydrogens is 160 g/mol. The molecule has 0 radical (unpaired) electrons. The first-order chi connectivity index (χ1) is 5.49. The number of carbonyl (C=O) groups excluding carboxylic acids is 2. The third kappa shape index (κ3) is 3.20. The molecule has 0 saturated carbocycles. The number of nitrogens with zero attached hydrogens (tertiary/aromatic N) is 1. The maximum atomic E-state index is 11.1. The van der Waals surface area contributed by atoms with Crippen LogP contribution < -0.4 is 16.6 Å². The van der Waals surface area contributed by atoms with E-state index in [1.165, 1.54) is 4.90 Å². The standard InChI is InChI=1S/C6H14N4O2/c1-4(5(11)10(2)3)8-6(12)9-7/h4H,7H2,1-3H3,(H2,8,9,12). The molecule has 0 heterocycles. The minimum Gasteiger partial charge on any atom is -0.347 e. The third-order valence-electron chi connectivity index (χ3n) is 1.29. The van der Waals surface area contributed by atoms with Gasteiger partial charge in [-0.3, -0.25) is 10.2 Å². The van der Waals surface area contributed by atoms with Crippen molar-refractivity contribution in [1.29, 1.82) is 0 Å². The van der Waals surface area contributed by atoms with Gasteiger partial charge in [0.15, 0.2) is 0 Å². The first kappa shape index (κ1) is 10.7. The van der Waals surface area contributed by atoms with Gasteiger partial charge in [0.1, 0.15) is 6.04 Å². The predicted octanol–water partition coefficient (Wildman–Crippen LogP) is -1.36. The van der Waals surface area contributed by atoms with Crippen LogP contribution in [0.3, 0.4) is 0 Å². The molecule has 1 unspecified atom stereocenters. The summed E-state index contributed by atoms with van der Waals surface area (Å²) in [5.41, 5.74) is 1.87. The molecular formula is C6H14N4O2. The Labute approximate surface area is 71.1 Å². The van der Waals surface area contributed by atoms with Crippen LogP contribution in [0, 0.1) is 0 Å². The maximum absolute atomic E-state index is 11.1. The molecule has 0 aromatic carbocycles. The molecule has 4 N–H and O–H groups in total. The fraction of sp³-hybridized carbons (Fsp3) is 0.667. The van der Waals surface area contributed by atoms with Gasteiger partial charge in [-0.25, -0.2) is 10.6 Å². The Bertz CT molecular complexity index is 180. The first-order valence-corrected chi connectivity index (χ1v) is 3.47. The van der Waals surface area contributed by atoms with Gasteiger partial charge in [-0.2, -0.15) is 0 Å². The van der Waals surface area contributed by atoms with E-state index >= 15 is 0 Å². The number of hydrogen-bond donors (Lipinski definition) is 3. The summed E-state index contributed by atoms with van der Waals surface area (Å²) in [6, 6.07) is -1.14. The van der Waals surface area contributed by atoms with E-state index in [-0.39, 0.29) is 5.91 Å². The molecule has 6 heteroatoms. The Kier molecular flexibility index (Phi) is 4.06. The molecule has 0 aliphatic heterocycles. The minimum atomic E-state index is -0.572. The van der Waals surface area contributed by atoms with Crippen molar-refractivity contribution in [3.8, 4) is 0 Å². The summed E-state index contributed by atoms with van der Waals surface area (Å²) < 4.78 is 0. The van der Waals surface area contributed by atoms with Crippen LogP contribution in [0.4, 0.5) is 4.79 Å². The Balaban J connectivity index is 3.95. The molecule has 0 aromatic heterocycles. The lowest BCUT2D eigenvalue weighted by Crippen LogP contribution is -2.49. The third-order valence-corrected chi connectivity index (χ3v) is 1.29. The van der Waals surface area contributed by atoms with Gasteiger partial charge in [0.05, 0.1) is 0 Å². The van der Waals surface area contributed by atoms with Gasteiger partial charge in [0, 0.05) is 14.1 Å². The van der Waals surface area contributed by atoms with Crippen LogP contribution >= 0.6 is 0 Å². The summed E-state index contributed by atoms with van der Waals surface area (Å²) in [5.74, 6) is 4.63. The topological polar surface area (TPSA) is 87.5 Å². The van der Waals surface area contributed by atoms with Crippen molar-refractivity contribution in [3.63, 3.8) is 0 Å². The molecule has 0 spiro atoms. The number of amides is 3. The van der Waals surface area contributed by atoms with Crippen molar-refractivity contribution in [2.45, 2.75) is 13.0 Å². The number of carbonyl (C=O) groups is 2. The van der Waals surface area contributed by atoms with Gasteiger partial charge in [-0.05, 0) is 6.92 Å². The highest BCUT2D eigenvalue weighted by Gasteiger charge is 2.15. The van der Waals surface area contributed by atoms with Crippen molar-refractivity contribution in [1.82, 2.24) is 15.6 Å². The second kappa shape index (κ2) is 4.55. The fourth-order valence-corrected chi connectivity index (χ4v) is 0.687. The van der Waals surface area contributed by atoms with Crippen LogP contribution in [0.1, 0.15) is 6.92 Å². The summed E-state index contributed by atoms with van der Waals surface area (Å²) in [5, 5.41) is 2.34. The SMILES string of the molecule is CC(NC(=O)NN)C(=O)N(C)C. The molecule has 3 amide bonds. The average Bonchev–Trinajstić information content (AvgIpc) is 2.02. The van der Waals surface area contributed by atoms with E-state index in [2.05, 4.69) is 5.32 Å². The molecule has 0 aliphatic carbocycles. The van der Waals surface area contributed by atoms with Crippen molar-refractivity contribution in [2.24, 2.45) is 5.84 Å². The molecule has 0 aromatic rings. The van der Waals surface area contributed by atoms with Crippen LogP contribution in [0.5, 0.6) is 0 Å². The van der Waals surface area contributed by atoms with Gasteiger partial charge in [0.25, 0.3) is 0 Å². The number of rotatable bonds is 2. The minimum absolute atomic E-state index is 0.182. The number of hydrazine groups is 1. The van der Waals surface area contributed by atoms with Gasteiger partial charge < -0.3 is 10.2 Å². The summed E-state index contributed by atoms with van der Waals surface area (Å²) in [6.07, 6.45) is 0. The lowest BCUT2D eigenvalue weighted by atomic mass is 10.3. The molecule has 0 saturated heterocycles. The normalized spacial score (nSPS) is 11.7. The Morgan fingerprint density at radius 3 is 2.25 bits per heavy atom. The van der Waals surface area contributed by atoms with E-state index in [1.54, 1.807) is 21.0 Å². The van der Waals surface area contributed by atoms with Crippen LogP contribution in [0.25, 0.3) is 0 Å².